The number of nitrogen functional groups attached to an aromatic ring is 1. The zero-order valence-electron chi connectivity index (χ0n) is 9.65. The van der Waals surface area contributed by atoms with Gasteiger partial charge in [0.05, 0.1) is 15.7 Å². The first-order valence-electron chi connectivity index (χ1n) is 5.31. The molecule has 2 rings (SSSR count). The van der Waals surface area contributed by atoms with Crippen LogP contribution in [-0.2, 0) is 0 Å². The van der Waals surface area contributed by atoms with Gasteiger partial charge in [-0.15, -0.1) is 0 Å². The van der Waals surface area contributed by atoms with Gasteiger partial charge < -0.3 is 10.7 Å². The van der Waals surface area contributed by atoms with Crippen LogP contribution in [0.5, 0.6) is 0 Å². The predicted molar refractivity (Wildman–Crippen MR) is 76.5 cm³/mol. The molecule has 19 heavy (non-hydrogen) atoms. The summed E-state index contributed by atoms with van der Waals surface area (Å²) in [6.45, 7) is 0. The van der Waals surface area contributed by atoms with Gasteiger partial charge >= 0.3 is 0 Å². The van der Waals surface area contributed by atoms with Gasteiger partial charge in [-0.05, 0) is 24.3 Å². The standard InChI is InChI=1S/C12H10Cl2N4O/c13-7-3-1-4-8(14)11(7)17-12(19)9-5-2-6-10(16-9)18-15/h1-6H,15H2,(H,16,18)(H,17,19). The minimum Gasteiger partial charge on any atom is -0.318 e. The number of carbonyl (C=O) groups is 1. The van der Waals surface area contributed by atoms with Crippen LogP contribution < -0.4 is 16.6 Å². The zero-order chi connectivity index (χ0) is 13.8. The SMILES string of the molecule is NNc1cccc(C(=O)Nc2c(Cl)cccc2Cl)n1. The number of halogens is 2. The van der Waals surface area contributed by atoms with E-state index < -0.39 is 5.91 Å². The monoisotopic (exact) mass is 296 g/mol. The second-order valence-electron chi connectivity index (χ2n) is 3.60. The summed E-state index contributed by atoms with van der Waals surface area (Å²) in [7, 11) is 0. The maximum Gasteiger partial charge on any atom is 0.274 e. The molecule has 0 unspecified atom stereocenters. The van der Waals surface area contributed by atoms with Crippen molar-refractivity contribution in [2.45, 2.75) is 0 Å². The fraction of sp³-hybridized carbons (Fsp3) is 0. The lowest BCUT2D eigenvalue weighted by atomic mass is 10.3. The van der Waals surface area contributed by atoms with E-state index in [0.717, 1.165) is 0 Å². The first-order chi connectivity index (χ1) is 9.11. The van der Waals surface area contributed by atoms with Crippen molar-refractivity contribution in [1.29, 1.82) is 0 Å². The molecule has 4 N–H and O–H groups in total. The zero-order valence-corrected chi connectivity index (χ0v) is 11.2. The molecule has 0 spiro atoms. The Labute approximate surface area is 119 Å². The van der Waals surface area contributed by atoms with Gasteiger partial charge in [0.1, 0.15) is 11.5 Å². The third-order valence-electron chi connectivity index (χ3n) is 2.33. The number of hydrogen-bond acceptors (Lipinski definition) is 4. The summed E-state index contributed by atoms with van der Waals surface area (Å²) >= 11 is 11.9. The Hall–Kier alpha value is -1.82. The summed E-state index contributed by atoms with van der Waals surface area (Å²) in [5, 5.41) is 3.32. The van der Waals surface area contributed by atoms with Crippen molar-refractivity contribution in [3.05, 3.63) is 52.1 Å². The molecule has 0 radical (unpaired) electrons. The van der Waals surface area contributed by atoms with E-state index in [1.165, 1.54) is 0 Å². The first kappa shape index (κ1) is 13.6. The molecular formula is C12H10Cl2N4O. The third kappa shape index (κ3) is 3.14. The first-order valence-corrected chi connectivity index (χ1v) is 6.06. The fourth-order valence-corrected chi connectivity index (χ4v) is 1.93. The Balaban J connectivity index is 2.25. The molecule has 0 saturated heterocycles. The molecule has 0 aliphatic rings. The Bertz CT molecular complexity index is 598. The van der Waals surface area contributed by atoms with Crippen LogP contribution in [0.2, 0.25) is 10.0 Å². The highest BCUT2D eigenvalue weighted by atomic mass is 35.5. The van der Waals surface area contributed by atoms with Crippen LogP contribution in [0, 0.1) is 0 Å². The number of carbonyl (C=O) groups excluding carboxylic acids is 1. The van der Waals surface area contributed by atoms with Gasteiger partial charge in [0.25, 0.3) is 5.91 Å². The van der Waals surface area contributed by atoms with Crippen molar-refractivity contribution >= 4 is 40.6 Å². The summed E-state index contributed by atoms with van der Waals surface area (Å²) in [5.41, 5.74) is 2.92. The summed E-state index contributed by atoms with van der Waals surface area (Å²) in [4.78, 5) is 16.0. The van der Waals surface area contributed by atoms with Gasteiger partial charge in [-0.1, -0.05) is 35.3 Å². The van der Waals surface area contributed by atoms with Crippen LogP contribution in [0.4, 0.5) is 11.5 Å². The molecule has 5 nitrogen and oxygen atoms in total. The van der Waals surface area contributed by atoms with E-state index in [-0.39, 0.29) is 5.69 Å². The molecule has 0 fully saturated rings. The van der Waals surface area contributed by atoms with Gasteiger partial charge in [0, 0.05) is 0 Å². The Morgan fingerprint density at radius 3 is 2.37 bits per heavy atom. The number of nitrogens with two attached hydrogens (primary N) is 1. The van der Waals surface area contributed by atoms with E-state index in [2.05, 4.69) is 15.7 Å². The Kier molecular flexibility index (Phi) is 4.21. The Morgan fingerprint density at radius 1 is 1.11 bits per heavy atom. The van der Waals surface area contributed by atoms with Crippen molar-refractivity contribution in [2.24, 2.45) is 5.84 Å². The maximum atomic E-state index is 12.0. The highest BCUT2D eigenvalue weighted by molar-refractivity contribution is 6.39. The topological polar surface area (TPSA) is 80.0 Å². The van der Waals surface area contributed by atoms with E-state index >= 15 is 0 Å². The average Bonchev–Trinajstić information content (AvgIpc) is 2.43. The quantitative estimate of drug-likeness (QED) is 0.601. The summed E-state index contributed by atoms with van der Waals surface area (Å²) < 4.78 is 0. The molecular weight excluding hydrogens is 287 g/mol. The summed E-state index contributed by atoms with van der Waals surface area (Å²) in [6, 6.07) is 9.81. The van der Waals surface area contributed by atoms with Crippen molar-refractivity contribution in [3.8, 4) is 0 Å². The predicted octanol–water partition coefficient (Wildman–Crippen LogP) is 2.93. The van der Waals surface area contributed by atoms with Crippen LogP contribution >= 0.6 is 23.2 Å². The number of anilines is 2. The van der Waals surface area contributed by atoms with E-state index in [4.69, 9.17) is 29.0 Å². The molecule has 0 atom stereocenters. The molecule has 0 aliphatic carbocycles. The minimum absolute atomic E-state index is 0.200. The minimum atomic E-state index is -0.424. The van der Waals surface area contributed by atoms with Gasteiger partial charge in [-0.3, -0.25) is 4.79 Å². The van der Waals surface area contributed by atoms with E-state index in [9.17, 15) is 4.79 Å². The van der Waals surface area contributed by atoms with Gasteiger partial charge in [0.2, 0.25) is 0 Å². The van der Waals surface area contributed by atoms with Crippen LogP contribution in [0.3, 0.4) is 0 Å². The van der Waals surface area contributed by atoms with Crippen molar-refractivity contribution in [1.82, 2.24) is 4.98 Å². The average molecular weight is 297 g/mol. The molecule has 2 aromatic rings. The summed E-state index contributed by atoms with van der Waals surface area (Å²) in [6.07, 6.45) is 0. The molecule has 1 aromatic carbocycles. The number of aromatic nitrogens is 1. The van der Waals surface area contributed by atoms with Crippen molar-refractivity contribution in [3.63, 3.8) is 0 Å². The number of benzene rings is 1. The maximum absolute atomic E-state index is 12.0. The highest BCUT2D eigenvalue weighted by Crippen LogP contribution is 2.30. The number of rotatable bonds is 3. The fourth-order valence-electron chi connectivity index (χ4n) is 1.44. The number of pyridine rings is 1. The number of hydrazine groups is 1. The van der Waals surface area contributed by atoms with Crippen molar-refractivity contribution < 1.29 is 4.79 Å². The van der Waals surface area contributed by atoms with E-state index in [0.29, 0.717) is 21.6 Å². The lowest BCUT2D eigenvalue weighted by molar-refractivity contribution is 0.102. The number of nitrogens with one attached hydrogen (secondary N) is 2. The van der Waals surface area contributed by atoms with E-state index in [1.807, 2.05) is 0 Å². The normalized spacial score (nSPS) is 10.1. The number of para-hydroxylation sites is 1. The Morgan fingerprint density at radius 2 is 1.74 bits per heavy atom. The molecule has 0 saturated carbocycles. The second-order valence-corrected chi connectivity index (χ2v) is 4.42. The third-order valence-corrected chi connectivity index (χ3v) is 2.96. The molecule has 1 aromatic heterocycles. The van der Waals surface area contributed by atoms with Gasteiger partial charge in [0.15, 0.2) is 0 Å². The smallest absolute Gasteiger partial charge is 0.274 e. The van der Waals surface area contributed by atoms with Crippen LogP contribution in [0.25, 0.3) is 0 Å². The molecule has 0 bridgehead atoms. The summed E-state index contributed by atoms with van der Waals surface area (Å²) in [5.74, 6) is 5.20. The number of nitrogens with zero attached hydrogens (tertiary/aromatic N) is 1. The largest absolute Gasteiger partial charge is 0.318 e. The number of amides is 1. The number of hydrogen-bond donors (Lipinski definition) is 3. The molecule has 1 amide bonds. The van der Waals surface area contributed by atoms with Gasteiger partial charge in [-0.25, -0.2) is 10.8 Å². The molecule has 0 aliphatic heterocycles. The lowest BCUT2D eigenvalue weighted by Gasteiger charge is -2.09. The molecule has 1 heterocycles. The molecule has 7 heteroatoms. The molecule has 98 valence electrons. The van der Waals surface area contributed by atoms with Crippen molar-refractivity contribution in [2.75, 3.05) is 10.7 Å². The second kappa shape index (κ2) is 5.88. The highest BCUT2D eigenvalue weighted by Gasteiger charge is 2.12. The van der Waals surface area contributed by atoms with Crippen LogP contribution in [0.15, 0.2) is 36.4 Å². The van der Waals surface area contributed by atoms with Crippen LogP contribution in [-0.4, -0.2) is 10.9 Å². The lowest BCUT2D eigenvalue weighted by Crippen LogP contribution is -2.16. The van der Waals surface area contributed by atoms with E-state index in [1.54, 1.807) is 36.4 Å². The van der Waals surface area contributed by atoms with Gasteiger partial charge in [-0.2, -0.15) is 0 Å². The van der Waals surface area contributed by atoms with Crippen LogP contribution in [0.1, 0.15) is 10.5 Å².